The molecule has 2 aromatic rings. The summed E-state index contributed by atoms with van der Waals surface area (Å²) >= 11 is 0. The van der Waals surface area contributed by atoms with Crippen LogP contribution in [-0.2, 0) is 11.2 Å². The van der Waals surface area contributed by atoms with Crippen LogP contribution in [0.2, 0.25) is 0 Å². The number of nitrogens with zero attached hydrogens (tertiary/aromatic N) is 1. The lowest BCUT2D eigenvalue weighted by Gasteiger charge is -2.36. The maximum absolute atomic E-state index is 12.6. The van der Waals surface area contributed by atoms with Crippen molar-refractivity contribution >= 4 is 16.7 Å². The van der Waals surface area contributed by atoms with Gasteiger partial charge in [0.15, 0.2) is 0 Å². The zero-order valence-electron chi connectivity index (χ0n) is 14.1. The number of hydrogen-bond donors (Lipinski definition) is 1. The molecule has 3 nitrogen and oxygen atoms in total. The maximum Gasteiger partial charge on any atom is 0.224 e. The first kappa shape index (κ1) is 16.0. The fourth-order valence-electron chi connectivity index (χ4n) is 3.78. The van der Waals surface area contributed by atoms with E-state index in [0.717, 1.165) is 12.0 Å². The van der Waals surface area contributed by atoms with Crippen LogP contribution in [-0.4, -0.2) is 37.0 Å². The van der Waals surface area contributed by atoms with Crippen LogP contribution < -0.4 is 5.32 Å². The predicted octanol–water partition coefficient (Wildman–Crippen LogP) is 3.37. The Kier molecular flexibility index (Phi) is 4.97. The van der Waals surface area contributed by atoms with E-state index in [9.17, 15) is 4.79 Å². The molecule has 1 N–H and O–H groups in total. The van der Waals surface area contributed by atoms with E-state index < -0.39 is 0 Å². The van der Waals surface area contributed by atoms with Gasteiger partial charge in [0, 0.05) is 12.1 Å². The van der Waals surface area contributed by atoms with E-state index in [-0.39, 0.29) is 11.9 Å². The fraction of sp³-hybridized carbons (Fsp3) is 0.450. The van der Waals surface area contributed by atoms with Gasteiger partial charge in [-0.3, -0.25) is 4.79 Å². The van der Waals surface area contributed by atoms with Crippen LogP contribution in [0.1, 0.15) is 31.2 Å². The minimum atomic E-state index is 0.139. The van der Waals surface area contributed by atoms with Crippen molar-refractivity contribution in [1.82, 2.24) is 10.2 Å². The minimum absolute atomic E-state index is 0.139. The number of fused-ring (bicyclic) bond motifs is 1. The lowest BCUT2D eigenvalue weighted by molar-refractivity contribution is -0.121. The summed E-state index contributed by atoms with van der Waals surface area (Å²) in [6.07, 6.45) is 5.19. The van der Waals surface area contributed by atoms with E-state index in [1.54, 1.807) is 0 Å². The first-order valence-electron chi connectivity index (χ1n) is 8.57. The molecule has 0 radical (unpaired) electrons. The first-order chi connectivity index (χ1) is 11.1. The molecule has 2 atom stereocenters. The normalized spacial score (nSPS) is 21.5. The van der Waals surface area contributed by atoms with Gasteiger partial charge in [0.05, 0.1) is 6.42 Å². The maximum atomic E-state index is 12.6. The molecule has 0 aromatic heterocycles. The summed E-state index contributed by atoms with van der Waals surface area (Å²) in [6.45, 7) is 0. The van der Waals surface area contributed by atoms with Gasteiger partial charge in [-0.05, 0) is 43.3 Å². The molecule has 1 aliphatic carbocycles. The molecule has 3 heteroatoms. The van der Waals surface area contributed by atoms with Crippen molar-refractivity contribution in [2.45, 2.75) is 44.2 Å². The molecule has 0 aliphatic heterocycles. The molecular weight excluding hydrogens is 284 g/mol. The van der Waals surface area contributed by atoms with Gasteiger partial charge in [-0.1, -0.05) is 55.3 Å². The Morgan fingerprint density at radius 2 is 1.83 bits per heavy atom. The third-order valence-electron chi connectivity index (χ3n) is 4.97. The molecule has 3 rings (SSSR count). The van der Waals surface area contributed by atoms with Gasteiger partial charge in [-0.25, -0.2) is 0 Å². The Hall–Kier alpha value is -1.87. The van der Waals surface area contributed by atoms with Gasteiger partial charge in [-0.2, -0.15) is 0 Å². The van der Waals surface area contributed by atoms with Gasteiger partial charge >= 0.3 is 0 Å². The first-order valence-corrected chi connectivity index (χ1v) is 8.57. The smallest absolute Gasteiger partial charge is 0.224 e. The molecule has 2 aromatic carbocycles. The van der Waals surface area contributed by atoms with Crippen LogP contribution in [0.15, 0.2) is 42.5 Å². The average molecular weight is 310 g/mol. The van der Waals surface area contributed by atoms with Crippen molar-refractivity contribution in [3.63, 3.8) is 0 Å². The summed E-state index contributed by atoms with van der Waals surface area (Å²) in [5.74, 6) is 0.139. The lowest BCUT2D eigenvalue weighted by atomic mass is 9.89. The quantitative estimate of drug-likeness (QED) is 0.939. The van der Waals surface area contributed by atoms with E-state index in [1.165, 1.54) is 30.0 Å². The molecule has 122 valence electrons. The average Bonchev–Trinajstić information content (AvgIpc) is 2.55. The van der Waals surface area contributed by atoms with Crippen LogP contribution in [0.25, 0.3) is 10.8 Å². The largest absolute Gasteiger partial charge is 0.352 e. The lowest BCUT2D eigenvalue weighted by Crippen LogP contribution is -2.51. The molecule has 2 unspecified atom stereocenters. The van der Waals surface area contributed by atoms with Crippen LogP contribution >= 0.6 is 0 Å². The Bertz CT molecular complexity index is 675. The third-order valence-corrected chi connectivity index (χ3v) is 4.97. The molecule has 0 saturated heterocycles. The van der Waals surface area contributed by atoms with Crippen molar-refractivity contribution in [2.24, 2.45) is 0 Å². The summed E-state index contributed by atoms with van der Waals surface area (Å²) in [4.78, 5) is 14.8. The van der Waals surface area contributed by atoms with Gasteiger partial charge in [-0.15, -0.1) is 0 Å². The van der Waals surface area contributed by atoms with Crippen LogP contribution in [0.3, 0.4) is 0 Å². The van der Waals surface area contributed by atoms with Gasteiger partial charge in [0.25, 0.3) is 0 Å². The zero-order valence-corrected chi connectivity index (χ0v) is 14.1. The Morgan fingerprint density at radius 1 is 1.09 bits per heavy atom. The Labute approximate surface area is 138 Å². The number of carbonyl (C=O) groups excluding carboxylic acids is 1. The van der Waals surface area contributed by atoms with Gasteiger partial charge < -0.3 is 10.2 Å². The summed E-state index contributed by atoms with van der Waals surface area (Å²) in [6, 6.07) is 15.2. The standard InChI is InChI=1S/C20H26N2O/c1-22(2)19-13-6-5-12-18(19)21-20(23)14-16-10-7-9-15-8-3-4-11-17(15)16/h3-4,7-11,18-19H,5-6,12-14H2,1-2H3,(H,21,23). The predicted molar refractivity (Wildman–Crippen MR) is 95.5 cm³/mol. The van der Waals surface area contributed by atoms with E-state index in [1.807, 2.05) is 18.2 Å². The number of benzene rings is 2. The topological polar surface area (TPSA) is 32.3 Å². The van der Waals surface area contributed by atoms with Crippen LogP contribution in [0.5, 0.6) is 0 Å². The highest BCUT2D eigenvalue weighted by atomic mass is 16.1. The highest BCUT2D eigenvalue weighted by Crippen LogP contribution is 2.23. The highest BCUT2D eigenvalue weighted by Gasteiger charge is 2.27. The van der Waals surface area contributed by atoms with Gasteiger partial charge in [0.2, 0.25) is 5.91 Å². The van der Waals surface area contributed by atoms with Crippen molar-refractivity contribution in [2.75, 3.05) is 14.1 Å². The summed E-state index contributed by atoms with van der Waals surface area (Å²) < 4.78 is 0. The van der Waals surface area contributed by atoms with E-state index >= 15 is 0 Å². The third kappa shape index (κ3) is 3.73. The molecule has 1 amide bonds. The zero-order chi connectivity index (χ0) is 16.2. The summed E-state index contributed by atoms with van der Waals surface area (Å²) in [5.41, 5.74) is 1.11. The highest BCUT2D eigenvalue weighted by molar-refractivity contribution is 5.90. The summed E-state index contributed by atoms with van der Waals surface area (Å²) in [5, 5.41) is 5.66. The van der Waals surface area contributed by atoms with E-state index in [4.69, 9.17) is 0 Å². The van der Waals surface area contributed by atoms with Crippen LogP contribution in [0, 0.1) is 0 Å². The van der Waals surface area contributed by atoms with E-state index in [0.29, 0.717) is 12.5 Å². The van der Waals surface area contributed by atoms with Crippen LogP contribution in [0.4, 0.5) is 0 Å². The van der Waals surface area contributed by atoms with Crippen molar-refractivity contribution in [1.29, 1.82) is 0 Å². The van der Waals surface area contributed by atoms with Crippen molar-refractivity contribution in [3.8, 4) is 0 Å². The van der Waals surface area contributed by atoms with Gasteiger partial charge in [0.1, 0.15) is 0 Å². The Morgan fingerprint density at radius 3 is 2.65 bits per heavy atom. The number of rotatable bonds is 4. The fourth-order valence-corrected chi connectivity index (χ4v) is 3.78. The SMILES string of the molecule is CN(C)C1CCCCC1NC(=O)Cc1cccc2ccccc12. The molecule has 0 heterocycles. The van der Waals surface area contributed by atoms with E-state index in [2.05, 4.69) is 48.6 Å². The molecule has 1 saturated carbocycles. The second kappa shape index (κ2) is 7.14. The number of amides is 1. The molecule has 23 heavy (non-hydrogen) atoms. The van der Waals surface area contributed by atoms with Crippen molar-refractivity contribution < 1.29 is 4.79 Å². The number of hydrogen-bond acceptors (Lipinski definition) is 2. The number of nitrogens with one attached hydrogen (secondary N) is 1. The molecule has 0 bridgehead atoms. The second-order valence-corrected chi connectivity index (χ2v) is 6.80. The summed E-state index contributed by atoms with van der Waals surface area (Å²) in [7, 11) is 4.22. The van der Waals surface area contributed by atoms with Crippen molar-refractivity contribution in [3.05, 3.63) is 48.0 Å². The molecule has 0 spiro atoms. The number of carbonyl (C=O) groups is 1. The second-order valence-electron chi connectivity index (χ2n) is 6.80. The monoisotopic (exact) mass is 310 g/mol. The minimum Gasteiger partial charge on any atom is -0.352 e. The molecule has 1 fully saturated rings. The number of likely N-dealkylation sites (N-methyl/N-ethyl adjacent to an activating group) is 1. The Balaban J connectivity index is 1.71. The molecular formula is C20H26N2O. The molecule has 1 aliphatic rings.